The number of benzene rings is 3. The highest BCUT2D eigenvalue weighted by Crippen LogP contribution is 2.42. The highest BCUT2D eigenvalue weighted by Gasteiger charge is 2.53. The molecule has 2 heterocycles. The fraction of sp³-hybridized carbons (Fsp3) is 0.219. The average molecular weight is 641 g/mol. The van der Waals surface area contributed by atoms with Crippen LogP contribution < -0.4 is 9.47 Å². The minimum atomic E-state index is -4.61. The Labute approximate surface area is 259 Å². The molecule has 5 rings (SSSR count). The minimum absolute atomic E-state index is 0.0508. The number of pyridine rings is 1. The van der Waals surface area contributed by atoms with E-state index in [-0.39, 0.29) is 16.8 Å². The van der Waals surface area contributed by atoms with Crippen LogP contribution in [0.5, 0.6) is 0 Å². The van der Waals surface area contributed by atoms with Crippen molar-refractivity contribution in [3.8, 4) is 0 Å². The van der Waals surface area contributed by atoms with Gasteiger partial charge in [-0.05, 0) is 73.5 Å². The van der Waals surface area contributed by atoms with E-state index in [0.29, 0.717) is 10.7 Å². The lowest BCUT2D eigenvalue weighted by Crippen LogP contribution is -2.57. The number of anilines is 1. The van der Waals surface area contributed by atoms with Crippen molar-refractivity contribution in [2.45, 2.75) is 36.4 Å². The van der Waals surface area contributed by atoms with E-state index in [1.807, 2.05) is 75.3 Å². The molecule has 0 radical (unpaired) electrons. The maximum atomic E-state index is 13.7. The monoisotopic (exact) mass is 640 g/mol. The Morgan fingerprint density at radius 2 is 1.52 bits per heavy atom. The molecule has 4 aromatic rings. The van der Waals surface area contributed by atoms with E-state index in [0.717, 1.165) is 41.1 Å². The molecule has 0 N–H and O–H groups in total. The smallest absolute Gasteiger partial charge is 0.377 e. The molecular formula is C32H30ClF3N5O2S+. The van der Waals surface area contributed by atoms with Crippen molar-refractivity contribution in [2.24, 2.45) is 9.50 Å². The maximum absolute atomic E-state index is 13.7. The predicted octanol–water partition coefficient (Wildman–Crippen LogP) is 6.59. The number of halogens is 4. The van der Waals surface area contributed by atoms with Crippen molar-refractivity contribution in [1.29, 1.82) is 0 Å². The highest BCUT2D eigenvalue weighted by atomic mass is 35.5. The van der Waals surface area contributed by atoms with Crippen molar-refractivity contribution in [2.75, 3.05) is 19.0 Å². The van der Waals surface area contributed by atoms with Gasteiger partial charge in [-0.2, -0.15) is 21.6 Å². The Balaban J connectivity index is 1.71. The van der Waals surface area contributed by atoms with Gasteiger partial charge in [0.2, 0.25) is 0 Å². The van der Waals surface area contributed by atoms with Crippen LogP contribution in [0.2, 0.25) is 5.02 Å². The average Bonchev–Trinajstić information content (AvgIpc) is 3.26. The fourth-order valence-corrected chi connectivity index (χ4v) is 6.23. The first-order chi connectivity index (χ1) is 20.7. The SMILES string of the molecule is CN(C)c1cc[n+](C(=NS(=O)(=O)c2ccc(C(F)(F)F)cc2)N2N=C(c3ccc(Cl)cc3)C(c3ccccc3)C2(C)C)cc1. The molecule has 0 fully saturated rings. The maximum Gasteiger partial charge on any atom is 0.435 e. The van der Waals surface area contributed by atoms with Crippen LogP contribution in [0.4, 0.5) is 18.9 Å². The molecule has 0 amide bonds. The summed E-state index contributed by atoms with van der Waals surface area (Å²) in [5, 5.41) is 7.11. The topological polar surface area (TPSA) is 69.2 Å². The summed E-state index contributed by atoms with van der Waals surface area (Å²) in [5.41, 5.74) is 1.45. The number of sulfonamides is 1. The molecule has 1 aromatic heterocycles. The van der Waals surface area contributed by atoms with Crippen LogP contribution in [0.25, 0.3) is 0 Å². The molecule has 12 heteroatoms. The standard InChI is InChI=1S/C32H30ClF3N5O2S/c1-31(2)28(22-8-6-5-7-9-22)29(23-10-14-25(33)15-11-23)37-41(31)30(40-20-18-26(19-21-40)39(3)4)38-44(42,43)27-16-12-24(13-17-27)32(34,35)36/h5-21,28H,1-4H3/q+1. The Bertz CT molecular complexity index is 1810. The number of hydrazone groups is 1. The molecule has 1 unspecified atom stereocenters. The van der Waals surface area contributed by atoms with Gasteiger partial charge < -0.3 is 4.90 Å². The number of alkyl halides is 3. The lowest BCUT2D eigenvalue weighted by atomic mass is 9.77. The normalized spacial score (nSPS) is 17.0. The fourth-order valence-electron chi connectivity index (χ4n) is 5.13. The van der Waals surface area contributed by atoms with Gasteiger partial charge in [0.15, 0.2) is 0 Å². The first kappa shape index (κ1) is 31.2. The van der Waals surface area contributed by atoms with Crippen LogP contribution in [0.3, 0.4) is 0 Å². The second-order valence-corrected chi connectivity index (χ2v) is 13.1. The minimum Gasteiger partial charge on any atom is -0.377 e. The summed E-state index contributed by atoms with van der Waals surface area (Å²) < 4.78 is 72.7. The lowest BCUT2D eigenvalue weighted by molar-refractivity contribution is -0.566. The van der Waals surface area contributed by atoms with E-state index in [9.17, 15) is 21.6 Å². The van der Waals surface area contributed by atoms with Gasteiger partial charge in [-0.25, -0.2) is 4.57 Å². The third kappa shape index (κ3) is 6.20. The van der Waals surface area contributed by atoms with Crippen LogP contribution >= 0.6 is 11.6 Å². The van der Waals surface area contributed by atoms with Crippen molar-refractivity contribution in [1.82, 2.24) is 5.01 Å². The van der Waals surface area contributed by atoms with Crippen LogP contribution in [-0.2, 0) is 16.2 Å². The highest BCUT2D eigenvalue weighted by molar-refractivity contribution is 7.90. The molecule has 0 bridgehead atoms. The quantitative estimate of drug-likeness (QED) is 0.140. The molecule has 1 aliphatic rings. The van der Waals surface area contributed by atoms with Crippen molar-refractivity contribution >= 4 is 39.0 Å². The van der Waals surface area contributed by atoms with Gasteiger partial charge >= 0.3 is 22.2 Å². The zero-order valence-corrected chi connectivity index (χ0v) is 25.9. The van der Waals surface area contributed by atoms with E-state index < -0.39 is 27.3 Å². The Kier molecular flexibility index (Phi) is 8.30. The molecule has 0 aliphatic carbocycles. The first-order valence-corrected chi connectivity index (χ1v) is 15.4. The van der Waals surface area contributed by atoms with Gasteiger partial charge in [0.1, 0.15) is 10.4 Å². The molecule has 0 saturated heterocycles. The molecule has 7 nitrogen and oxygen atoms in total. The number of nitrogens with zero attached hydrogens (tertiary/aromatic N) is 5. The van der Waals surface area contributed by atoms with Crippen LogP contribution in [-0.4, -0.2) is 44.7 Å². The molecule has 3 aromatic carbocycles. The summed E-state index contributed by atoms with van der Waals surface area (Å²) in [4.78, 5) is 1.51. The first-order valence-electron chi connectivity index (χ1n) is 13.6. The molecule has 228 valence electrons. The summed E-state index contributed by atoms with van der Waals surface area (Å²) in [5.74, 6) is -0.379. The van der Waals surface area contributed by atoms with E-state index >= 15 is 0 Å². The summed E-state index contributed by atoms with van der Waals surface area (Å²) in [7, 11) is -0.742. The van der Waals surface area contributed by atoms with Crippen LogP contribution in [0.15, 0.2) is 118 Å². The third-order valence-electron chi connectivity index (χ3n) is 7.44. The van der Waals surface area contributed by atoms with E-state index in [1.54, 1.807) is 41.7 Å². The number of aromatic nitrogens is 1. The third-order valence-corrected chi connectivity index (χ3v) is 8.96. The molecule has 1 aliphatic heterocycles. The number of hydrogen-bond acceptors (Lipinski definition) is 4. The van der Waals surface area contributed by atoms with Crippen LogP contribution in [0, 0.1) is 0 Å². The van der Waals surface area contributed by atoms with E-state index in [2.05, 4.69) is 4.40 Å². The van der Waals surface area contributed by atoms with Crippen molar-refractivity contribution in [3.05, 3.63) is 125 Å². The number of hydrogen-bond donors (Lipinski definition) is 0. The van der Waals surface area contributed by atoms with Gasteiger partial charge in [-0.1, -0.05) is 54.1 Å². The Morgan fingerprint density at radius 3 is 2.07 bits per heavy atom. The summed E-state index contributed by atoms with van der Waals surface area (Å²) in [6.07, 6.45) is -1.28. The predicted molar refractivity (Wildman–Crippen MR) is 166 cm³/mol. The van der Waals surface area contributed by atoms with E-state index in [1.165, 1.54) is 4.57 Å². The lowest BCUT2D eigenvalue weighted by Gasteiger charge is -2.31. The zero-order chi connectivity index (χ0) is 31.9. The van der Waals surface area contributed by atoms with E-state index in [4.69, 9.17) is 16.7 Å². The largest absolute Gasteiger partial charge is 0.435 e. The molecular weight excluding hydrogens is 611 g/mol. The second-order valence-electron chi connectivity index (χ2n) is 11.0. The summed E-state index contributed by atoms with van der Waals surface area (Å²) in [6, 6.07) is 23.8. The molecule has 1 atom stereocenters. The Hall–Kier alpha value is -4.22. The zero-order valence-electron chi connectivity index (χ0n) is 24.4. The van der Waals surface area contributed by atoms with Gasteiger partial charge in [-0.3, -0.25) is 0 Å². The summed E-state index contributed by atoms with van der Waals surface area (Å²) >= 11 is 6.18. The number of rotatable bonds is 5. The molecule has 0 saturated carbocycles. The second kappa shape index (κ2) is 11.7. The van der Waals surface area contributed by atoms with Gasteiger partial charge in [0.25, 0.3) is 0 Å². The summed E-state index contributed by atoms with van der Waals surface area (Å²) in [6.45, 7) is 3.87. The molecule has 44 heavy (non-hydrogen) atoms. The van der Waals surface area contributed by atoms with Crippen LogP contribution in [0.1, 0.15) is 36.5 Å². The van der Waals surface area contributed by atoms with Gasteiger partial charge in [0.05, 0.1) is 29.6 Å². The Morgan fingerprint density at radius 1 is 0.932 bits per heavy atom. The van der Waals surface area contributed by atoms with Gasteiger partial charge in [0, 0.05) is 29.2 Å². The van der Waals surface area contributed by atoms with Gasteiger partial charge in [-0.15, -0.1) is 10.1 Å². The van der Waals surface area contributed by atoms with Crippen molar-refractivity contribution in [3.63, 3.8) is 0 Å². The van der Waals surface area contributed by atoms with Crippen molar-refractivity contribution < 1.29 is 26.2 Å². The molecule has 0 spiro atoms.